The van der Waals surface area contributed by atoms with E-state index in [1.807, 2.05) is 0 Å². The Balaban J connectivity index is 2.52. The summed E-state index contributed by atoms with van der Waals surface area (Å²) >= 11 is 5.95. The summed E-state index contributed by atoms with van der Waals surface area (Å²) in [6.07, 6.45) is 0. The number of sulfonamides is 1. The molecular weight excluding hydrogens is 312 g/mol. The lowest BCUT2D eigenvalue weighted by Gasteiger charge is -2.20. The molecule has 0 unspecified atom stereocenters. The largest absolute Gasteiger partial charge is 0.508 e. The van der Waals surface area contributed by atoms with Crippen molar-refractivity contribution in [3.05, 3.63) is 47.0 Å². The number of halogens is 1. The molecule has 0 aliphatic rings. The molecule has 0 radical (unpaired) electrons. The second kappa shape index (κ2) is 5.46. The van der Waals surface area contributed by atoms with Crippen molar-refractivity contribution in [3.8, 4) is 5.75 Å². The number of benzene rings is 2. The number of hydrogen-bond donors (Lipinski definition) is 2. The van der Waals surface area contributed by atoms with Gasteiger partial charge in [0.15, 0.2) is 0 Å². The molecule has 5 nitrogen and oxygen atoms in total. The Morgan fingerprint density at radius 2 is 1.90 bits per heavy atom. The van der Waals surface area contributed by atoms with Crippen molar-refractivity contribution in [2.24, 2.45) is 0 Å². The molecule has 112 valence electrons. The Hall–Kier alpha value is -1.92. The molecule has 7 heteroatoms. The van der Waals surface area contributed by atoms with E-state index < -0.39 is 10.0 Å². The van der Waals surface area contributed by atoms with Crippen LogP contribution in [0.3, 0.4) is 0 Å². The van der Waals surface area contributed by atoms with Crippen molar-refractivity contribution in [1.29, 1.82) is 0 Å². The molecule has 0 aliphatic carbocycles. The maximum absolute atomic E-state index is 12.6. The zero-order valence-electron chi connectivity index (χ0n) is 11.5. The van der Waals surface area contributed by atoms with Gasteiger partial charge in [0.05, 0.1) is 21.3 Å². The Morgan fingerprint density at radius 1 is 1.24 bits per heavy atom. The van der Waals surface area contributed by atoms with E-state index in [0.29, 0.717) is 16.3 Å². The van der Waals surface area contributed by atoms with Crippen molar-refractivity contribution in [2.75, 3.05) is 17.1 Å². The first-order chi connectivity index (χ1) is 9.73. The van der Waals surface area contributed by atoms with Crippen LogP contribution in [0.5, 0.6) is 5.75 Å². The van der Waals surface area contributed by atoms with E-state index in [-0.39, 0.29) is 16.3 Å². The summed E-state index contributed by atoms with van der Waals surface area (Å²) in [5, 5.41) is 9.81. The number of aromatic hydroxyl groups is 1. The van der Waals surface area contributed by atoms with Gasteiger partial charge in [-0.15, -0.1) is 0 Å². The topological polar surface area (TPSA) is 83.6 Å². The second-order valence-electron chi connectivity index (χ2n) is 4.64. The van der Waals surface area contributed by atoms with E-state index in [1.165, 1.54) is 31.3 Å². The van der Waals surface area contributed by atoms with E-state index in [0.717, 1.165) is 4.31 Å². The molecule has 2 aromatic carbocycles. The Bertz CT molecular complexity index is 768. The quantitative estimate of drug-likeness (QED) is 0.849. The minimum Gasteiger partial charge on any atom is -0.508 e. The first kappa shape index (κ1) is 15.5. The zero-order chi connectivity index (χ0) is 15.8. The molecule has 2 aromatic rings. The SMILES string of the molecule is Cc1cc(S(=O)(=O)N(C)c2cccc(O)c2)cc(N)c1Cl. The Kier molecular flexibility index (Phi) is 4.02. The summed E-state index contributed by atoms with van der Waals surface area (Å²) < 4.78 is 26.3. The number of nitrogen functional groups attached to an aromatic ring is 1. The fourth-order valence-corrected chi connectivity index (χ4v) is 3.32. The standard InChI is InChI=1S/C14H15ClN2O3S/c1-9-6-12(8-13(16)14(9)15)21(19,20)17(2)10-4-3-5-11(18)7-10/h3-8,18H,16H2,1-2H3. The van der Waals surface area contributed by atoms with Crippen LogP contribution in [0, 0.1) is 6.92 Å². The summed E-state index contributed by atoms with van der Waals surface area (Å²) in [5.74, 6) is -0.0126. The first-order valence-electron chi connectivity index (χ1n) is 6.07. The van der Waals surface area contributed by atoms with Gasteiger partial charge in [0.25, 0.3) is 10.0 Å². The number of anilines is 2. The number of phenols is 1. The predicted octanol–water partition coefficient (Wildman–Crippen LogP) is 2.76. The van der Waals surface area contributed by atoms with E-state index in [9.17, 15) is 13.5 Å². The summed E-state index contributed by atoms with van der Waals surface area (Å²) in [6.45, 7) is 1.69. The average Bonchev–Trinajstić information content (AvgIpc) is 2.43. The molecular formula is C14H15ClN2O3S. The molecule has 21 heavy (non-hydrogen) atoms. The number of nitrogens with two attached hydrogens (primary N) is 1. The van der Waals surface area contributed by atoms with Crippen molar-refractivity contribution in [2.45, 2.75) is 11.8 Å². The van der Waals surface area contributed by atoms with Crippen LogP contribution in [0.4, 0.5) is 11.4 Å². The van der Waals surface area contributed by atoms with Gasteiger partial charge < -0.3 is 10.8 Å². The summed E-state index contributed by atoms with van der Waals surface area (Å²) in [6, 6.07) is 8.77. The minimum absolute atomic E-state index is 0.0126. The van der Waals surface area contributed by atoms with Gasteiger partial charge in [0.2, 0.25) is 0 Å². The number of nitrogens with zero attached hydrogens (tertiary/aromatic N) is 1. The Morgan fingerprint density at radius 3 is 2.48 bits per heavy atom. The van der Waals surface area contributed by atoms with E-state index in [1.54, 1.807) is 19.1 Å². The molecule has 0 saturated carbocycles. The fourth-order valence-electron chi connectivity index (χ4n) is 1.90. The van der Waals surface area contributed by atoms with Crippen LogP contribution >= 0.6 is 11.6 Å². The average molecular weight is 327 g/mol. The first-order valence-corrected chi connectivity index (χ1v) is 7.89. The van der Waals surface area contributed by atoms with Gasteiger partial charge >= 0.3 is 0 Å². The van der Waals surface area contributed by atoms with Gasteiger partial charge in [0.1, 0.15) is 5.75 Å². The van der Waals surface area contributed by atoms with Crippen molar-refractivity contribution in [1.82, 2.24) is 0 Å². The lowest BCUT2D eigenvalue weighted by molar-refractivity contribution is 0.475. The van der Waals surface area contributed by atoms with Crippen LogP contribution in [0.1, 0.15) is 5.56 Å². The molecule has 0 spiro atoms. The molecule has 0 saturated heterocycles. The van der Waals surface area contributed by atoms with E-state index in [4.69, 9.17) is 17.3 Å². The van der Waals surface area contributed by atoms with Crippen LogP contribution in [-0.2, 0) is 10.0 Å². The summed E-state index contributed by atoms with van der Waals surface area (Å²) in [7, 11) is -2.38. The molecule has 0 aromatic heterocycles. The van der Waals surface area contributed by atoms with Gasteiger partial charge in [-0.3, -0.25) is 4.31 Å². The molecule has 0 fully saturated rings. The van der Waals surface area contributed by atoms with Crippen molar-refractivity contribution >= 4 is 33.0 Å². The lowest BCUT2D eigenvalue weighted by atomic mass is 10.2. The highest BCUT2D eigenvalue weighted by Crippen LogP contribution is 2.30. The molecule has 3 N–H and O–H groups in total. The highest BCUT2D eigenvalue weighted by atomic mass is 35.5. The smallest absolute Gasteiger partial charge is 0.264 e. The number of phenolic OH excluding ortho intramolecular Hbond substituents is 1. The molecule has 0 bridgehead atoms. The van der Waals surface area contributed by atoms with Crippen LogP contribution < -0.4 is 10.0 Å². The third kappa shape index (κ3) is 2.91. The number of rotatable bonds is 3. The molecule has 0 aliphatic heterocycles. The van der Waals surface area contributed by atoms with E-state index in [2.05, 4.69) is 0 Å². The maximum atomic E-state index is 12.6. The third-order valence-corrected chi connectivity index (χ3v) is 5.39. The van der Waals surface area contributed by atoms with Gasteiger partial charge in [-0.25, -0.2) is 8.42 Å². The van der Waals surface area contributed by atoms with Crippen molar-refractivity contribution < 1.29 is 13.5 Å². The fraction of sp³-hybridized carbons (Fsp3) is 0.143. The van der Waals surface area contributed by atoms with Gasteiger partial charge in [0, 0.05) is 13.1 Å². The monoisotopic (exact) mass is 326 g/mol. The highest BCUT2D eigenvalue weighted by molar-refractivity contribution is 7.92. The van der Waals surface area contributed by atoms with Crippen LogP contribution in [0.2, 0.25) is 5.02 Å². The van der Waals surface area contributed by atoms with E-state index >= 15 is 0 Å². The molecule has 0 atom stereocenters. The van der Waals surface area contributed by atoms with Gasteiger partial charge in [-0.05, 0) is 36.8 Å². The van der Waals surface area contributed by atoms with Crippen LogP contribution in [-0.4, -0.2) is 20.6 Å². The number of hydrogen-bond acceptors (Lipinski definition) is 4. The third-order valence-electron chi connectivity index (χ3n) is 3.11. The van der Waals surface area contributed by atoms with Gasteiger partial charge in [-0.2, -0.15) is 0 Å². The molecule has 0 heterocycles. The zero-order valence-corrected chi connectivity index (χ0v) is 13.1. The minimum atomic E-state index is -3.79. The predicted molar refractivity (Wildman–Crippen MR) is 84.3 cm³/mol. The van der Waals surface area contributed by atoms with Gasteiger partial charge in [-0.1, -0.05) is 17.7 Å². The Labute approximate surface area is 128 Å². The van der Waals surface area contributed by atoms with Crippen LogP contribution in [0.25, 0.3) is 0 Å². The molecule has 0 amide bonds. The highest BCUT2D eigenvalue weighted by Gasteiger charge is 2.23. The second-order valence-corrected chi connectivity index (χ2v) is 6.98. The molecule has 2 rings (SSSR count). The maximum Gasteiger partial charge on any atom is 0.264 e. The number of aryl methyl sites for hydroxylation is 1. The summed E-state index contributed by atoms with van der Waals surface area (Å²) in [5.41, 5.74) is 6.87. The van der Waals surface area contributed by atoms with Crippen LogP contribution in [0.15, 0.2) is 41.3 Å². The lowest BCUT2D eigenvalue weighted by Crippen LogP contribution is -2.26. The van der Waals surface area contributed by atoms with Crippen molar-refractivity contribution in [3.63, 3.8) is 0 Å². The normalized spacial score (nSPS) is 11.4. The summed E-state index contributed by atoms with van der Waals surface area (Å²) in [4.78, 5) is 0.0488.